The minimum Gasteiger partial charge on any atom is -0.478 e. The van der Waals surface area contributed by atoms with Crippen LogP contribution in [0.25, 0.3) is 0 Å². The quantitative estimate of drug-likeness (QED) is 0.828. The van der Waals surface area contributed by atoms with Crippen LogP contribution < -0.4 is 5.32 Å². The fraction of sp³-hybridized carbons (Fsp3) is 0.500. The molecule has 18 heavy (non-hydrogen) atoms. The van der Waals surface area contributed by atoms with Gasteiger partial charge in [-0.3, -0.25) is 4.79 Å². The Labute approximate surface area is 105 Å². The molecule has 1 aromatic rings. The summed E-state index contributed by atoms with van der Waals surface area (Å²) in [4.78, 5) is 22.5. The summed E-state index contributed by atoms with van der Waals surface area (Å²) in [5.41, 5.74) is -0.831. The summed E-state index contributed by atoms with van der Waals surface area (Å²) >= 11 is 0. The molecule has 0 aromatic carbocycles. The number of carbonyl (C=O) groups is 2. The molecule has 1 aromatic heterocycles. The van der Waals surface area contributed by atoms with Crippen molar-refractivity contribution in [3.8, 4) is 0 Å². The number of carboxylic acid groups (broad SMARTS) is 1. The molecular weight excluding hydrogens is 238 g/mol. The van der Waals surface area contributed by atoms with Gasteiger partial charge in [0.1, 0.15) is 22.7 Å². The lowest BCUT2D eigenvalue weighted by atomic mass is 10.1. The molecule has 1 rings (SSSR count). The number of methoxy groups -OCH3 is 1. The van der Waals surface area contributed by atoms with Gasteiger partial charge in [-0.05, 0) is 26.8 Å². The Hall–Kier alpha value is -1.82. The van der Waals surface area contributed by atoms with Gasteiger partial charge < -0.3 is 19.6 Å². The number of rotatable bonds is 5. The summed E-state index contributed by atoms with van der Waals surface area (Å²) in [6, 6.07) is 1.40. The molecule has 0 spiro atoms. The van der Waals surface area contributed by atoms with Crippen molar-refractivity contribution in [2.45, 2.75) is 32.9 Å². The second kappa shape index (κ2) is 5.22. The van der Waals surface area contributed by atoms with Crippen molar-refractivity contribution in [3.05, 3.63) is 23.2 Å². The van der Waals surface area contributed by atoms with Gasteiger partial charge in [-0.2, -0.15) is 0 Å². The molecule has 0 saturated heterocycles. The number of hydrogen-bond donors (Lipinski definition) is 2. The van der Waals surface area contributed by atoms with Crippen molar-refractivity contribution >= 4 is 11.9 Å². The van der Waals surface area contributed by atoms with E-state index in [2.05, 4.69) is 5.32 Å². The maximum Gasteiger partial charge on any atom is 0.339 e. The largest absolute Gasteiger partial charge is 0.478 e. The average molecular weight is 255 g/mol. The van der Waals surface area contributed by atoms with E-state index >= 15 is 0 Å². The Balaban J connectivity index is 2.68. The topological polar surface area (TPSA) is 88.8 Å². The van der Waals surface area contributed by atoms with Crippen LogP contribution in [0.15, 0.2) is 10.5 Å². The van der Waals surface area contributed by atoms with Crippen LogP contribution in [-0.4, -0.2) is 29.7 Å². The van der Waals surface area contributed by atoms with Gasteiger partial charge in [0.05, 0.1) is 6.54 Å². The molecule has 0 atom stereocenters. The molecule has 0 saturated carbocycles. The molecule has 2 N–H and O–H groups in total. The van der Waals surface area contributed by atoms with Crippen LogP contribution >= 0.6 is 0 Å². The average Bonchev–Trinajstić information content (AvgIpc) is 2.67. The van der Waals surface area contributed by atoms with Crippen LogP contribution in [0.4, 0.5) is 0 Å². The van der Waals surface area contributed by atoms with Gasteiger partial charge in [0.25, 0.3) is 5.91 Å². The van der Waals surface area contributed by atoms with Gasteiger partial charge in [0, 0.05) is 7.11 Å². The highest BCUT2D eigenvalue weighted by atomic mass is 16.5. The van der Waals surface area contributed by atoms with Crippen molar-refractivity contribution in [2.75, 3.05) is 7.11 Å². The zero-order valence-corrected chi connectivity index (χ0v) is 10.9. The molecule has 0 aliphatic heterocycles. The van der Waals surface area contributed by atoms with E-state index in [9.17, 15) is 9.59 Å². The predicted molar refractivity (Wildman–Crippen MR) is 63.3 cm³/mol. The molecule has 1 amide bonds. The van der Waals surface area contributed by atoms with E-state index in [1.54, 1.807) is 20.8 Å². The SMILES string of the molecule is COC(C)(C)C(=O)NCc1cc(C(=O)O)c(C)o1. The van der Waals surface area contributed by atoms with Gasteiger partial charge in [-0.15, -0.1) is 0 Å². The van der Waals surface area contributed by atoms with Crippen LogP contribution in [0.5, 0.6) is 0 Å². The number of hydrogen-bond acceptors (Lipinski definition) is 4. The third-order valence-electron chi connectivity index (χ3n) is 2.68. The molecular formula is C12H17NO5. The van der Waals surface area contributed by atoms with E-state index in [-0.39, 0.29) is 18.0 Å². The summed E-state index contributed by atoms with van der Waals surface area (Å²) in [5, 5.41) is 11.5. The highest BCUT2D eigenvalue weighted by molar-refractivity contribution is 5.89. The first-order valence-corrected chi connectivity index (χ1v) is 5.44. The number of carboxylic acids is 1. The summed E-state index contributed by atoms with van der Waals surface area (Å²) < 4.78 is 10.3. The van der Waals surface area contributed by atoms with Crippen molar-refractivity contribution in [1.82, 2.24) is 5.32 Å². The monoisotopic (exact) mass is 255 g/mol. The Morgan fingerprint density at radius 1 is 1.50 bits per heavy atom. The summed E-state index contributed by atoms with van der Waals surface area (Å²) in [5.74, 6) is -0.634. The van der Waals surface area contributed by atoms with Gasteiger partial charge in [0.15, 0.2) is 0 Å². The number of aryl methyl sites for hydroxylation is 1. The van der Waals surface area contributed by atoms with E-state index in [4.69, 9.17) is 14.3 Å². The van der Waals surface area contributed by atoms with Gasteiger partial charge >= 0.3 is 5.97 Å². The van der Waals surface area contributed by atoms with E-state index in [0.717, 1.165) is 0 Å². The standard InChI is InChI=1S/C12H17NO5/c1-7-9(10(14)15)5-8(18-7)6-13-11(16)12(2,3)17-4/h5H,6H2,1-4H3,(H,13,16)(H,14,15). The summed E-state index contributed by atoms with van der Waals surface area (Å²) in [6.07, 6.45) is 0. The van der Waals surface area contributed by atoms with Crippen molar-refractivity contribution in [2.24, 2.45) is 0 Å². The number of carbonyl (C=O) groups excluding carboxylic acids is 1. The zero-order chi connectivity index (χ0) is 13.9. The Morgan fingerprint density at radius 3 is 2.56 bits per heavy atom. The predicted octanol–water partition coefficient (Wildman–Crippen LogP) is 1.33. The molecule has 0 fully saturated rings. The molecule has 0 bridgehead atoms. The van der Waals surface area contributed by atoms with E-state index < -0.39 is 11.6 Å². The Bertz CT molecular complexity index is 461. The number of ether oxygens (including phenoxy) is 1. The van der Waals surface area contributed by atoms with Crippen molar-refractivity contribution < 1.29 is 23.8 Å². The van der Waals surface area contributed by atoms with E-state index in [1.165, 1.54) is 13.2 Å². The number of nitrogens with one attached hydrogen (secondary N) is 1. The first-order valence-electron chi connectivity index (χ1n) is 5.44. The molecule has 100 valence electrons. The van der Waals surface area contributed by atoms with Gasteiger partial charge in [0.2, 0.25) is 0 Å². The molecule has 0 unspecified atom stereocenters. The number of furan rings is 1. The zero-order valence-electron chi connectivity index (χ0n) is 10.9. The van der Waals surface area contributed by atoms with Crippen molar-refractivity contribution in [1.29, 1.82) is 0 Å². The minimum absolute atomic E-state index is 0.102. The maximum absolute atomic E-state index is 11.7. The van der Waals surface area contributed by atoms with Crippen molar-refractivity contribution in [3.63, 3.8) is 0 Å². The second-order valence-corrected chi connectivity index (χ2v) is 4.38. The highest BCUT2D eigenvalue weighted by Crippen LogP contribution is 2.15. The third-order valence-corrected chi connectivity index (χ3v) is 2.68. The van der Waals surface area contributed by atoms with Crippen LogP contribution in [0.1, 0.15) is 35.7 Å². The minimum atomic E-state index is -1.05. The van der Waals surface area contributed by atoms with E-state index in [0.29, 0.717) is 11.5 Å². The lowest BCUT2D eigenvalue weighted by molar-refractivity contribution is -0.139. The van der Waals surface area contributed by atoms with Crippen LogP contribution in [0.3, 0.4) is 0 Å². The molecule has 1 heterocycles. The number of aromatic carboxylic acids is 1. The molecule has 0 radical (unpaired) electrons. The Morgan fingerprint density at radius 2 is 2.11 bits per heavy atom. The van der Waals surface area contributed by atoms with Crippen LogP contribution in [0, 0.1) is 6.92 Å². The fourth-order valence-corrected chi connectivity index (χ4v) is 1.32. The molecule has 6 heteroatoms. The maximum atomic E-state index is 11.7. The molecule has 0 aliphatic carbocycles. The third kappa shape index (κ3) is 3.10. The fourth-order valence-electron chi connectivity index (χ4n) is 1.32. The van der Waals surface area contributed by atoms with E-state index in [1.807, 2.05) is 0 Å². The van der Waals surface area contributed by atoms with Gasteiger partial charge in [-0.25, -0.2) is 4.79 Å². The first-order chi connectivity index (χ1) is 8.27. The highest BCUT2D eigenvalue weighted by Gasteiger charge is 2.26. The lowest BCUT2D eigenvalue weighted by Gasteiger charge is -2.21. The summed E-state index contributed by atoms with van der Waals surface area (Å²) in [6.45, 7) is 4.96. The second-order valence-electron chi connectivity index (χ2n) is 4.38. The normalized spacial score (nSPS) is 11.3. The Kier molecular flexibility index (Phi) is 4.13. The number of amides is 1. The summed E-state index contributed by atoms with van der Waals surface area (Å²) in [7, 11) is 1.44. The van der Waals surface area contributed by atoms with Crippen LogP contribution in [0.2, 0.25) is 0 Å². The lowest BCUT2D eigenvalue weighted by Crippen LogP contribution is -2.43. The molecule has 6 nitrogen and oxygen atoms in total. The van der Waals surface area contributed by atoms with Gasteiger partial charge in [-0.1, -0.05) is 0 Å². The van der Waals surface area contributed by atoms with Crippen LogP contribution in [-0.2, 0) is 16.1 Å². The molecule has 0 aliphatic rings. The first kappa shape index (κ1) is 14.2. The smallest absolute Gasteiger partial charge is 0.339 e.